The van der Waals surface area contributed by atoms with Crippen molar-refractivity contribution in [2.45, 2.75) is 26.3 Å². The van der Waals surface area contributed by atoms with Gasteiger partial charge in [0.1, 0.15) is 12.3 Å². The highest BCUT2D eigenvalue weighted by Crippen LogP contribution is 2.23. The minimum atomic E-state index is -0.436. The van der Waals surface area contributed by atoms with Gasteiger partial charge in [0, 0.05) is 24.0 Å². The van der Waals surface area contributed by atoms with Crippen LogP contribution in [0.25, 0.3) is 5.65 Å². The summed E-state index contributed by atoms with van der Waals surface area (Å²) in [5.41, 5.74) is -0.206. The van der Waals surface area contributed by atoms with E-state index in [2.05, 4.69) is 15.4 Å². The number of amides is 1. The number of rotatable bonds is 7. The van der Waals surface area contributed by atoms with Gasteiger partial charge < -0.3 is 10.1 Å². The molecular formula is C17H18ClN5O3. The minimum Gasteiger partial charge on any atom is -0.436 e. The molecule has 1 aromatic carbocycles. The summed E-state index contributed by atoms with van der Waals surface area (Å²) in [6.07, 6.45) is 4.78. The lowest BCUT2D eigenvalue weighted by molar-refractivity contribution is -0.121. The van der Waals surface area contributed by atoms with Crippen LogP contribution < -0.4 is 15.7 Å². The second-order valence-corrected chi connectivity index (χ2v) is 6.06. The van der Waals surface area contributed by atoms with E-state index in [1.807, 2.05) is 6.92 Å². The summed E-state index contributed by atoms with van der Waals surface area (Å²) >= 11 is 5.86. The molecule has 0 aliphatic rings. The number of aromatic nitrogens is 4. The Bertz CT molecular complexity index is 965. The number of hydrogen-bond acceptors (Lipinski definition) is 5. The first-order valence-corrected chi connectivity index (χ1v) is 8.60. The molecule has 0 bridgehead atoms. The van der Waals surface area contributed by atoms with Crippen molar-refractivity contribution in [3.8, 4) is 11.6 Å². The van der Waals surface area contributed by atoms with Crippen LogP contribution in [0.2, 0.25) is 5.02 Å². The van der Waals surface area contributed by atoms with E-state index in [9.17, 15) is 9.59 Å². The third-order valence-electron chi connectivity index (χ3n) is 3.64. The average molecular weight is 376 g/mol. The first kappa shape index (κ1) is 17.9. The molecule has 9 heteroatoms. The molecule has 0 aliphatic heterocycles. The number of fused-ring (bicyclic) bond motifs is 1. The molecule has 0 aliphatic carbocycles. The zero-order valence-corrected chi connectivity index (χ0v) is 14.9. The summed E-state index contributed by atoms with van der Waals surface area (Å²) in [5.74, 6) is 0.406. The van der Waals surface area contributed by atoms with Gasteiger partial charge in [-0.15, -0.1) is 5.10 Å². The van der Waals surface area contributed by atoms with Crippen LogP contribution in [0.15, 0.2) is 41.5 Å². The molecule has 0 radical (unpaired) electrons. The Morgan fingerprint density at radius 1 is 1.31 bits per heavy atom. The lowest BCUT2D eigenvalue weighted by Crippen LogP contribution is -2.33. The summed E-state index contributed by atoms with van der Waals surface area (Å²) < 4.78 is 8.07. The van der Waals surface area contributed by atoms with Gasteiger partial charge in [0.25, 0.3) is 5.88 Å². The molecule has 0 spiro atoms. The molecule has 8 nitrogen and oxygen atoms in total. The second kappa shape index (κ2) is 8.01. The molecule has 136 valence electrons. The Balaban J connectivity index is 1.84. The van der Waals surface area contributed by atoms with E-state index >= 15 is 0 Å². The maximum atomic E-state index is 12.4. The first-order chi connectivity index (χ1) is 12.6. The van der Waals surface area contributed by atoms with E-state index in [1.165, 1.54) is 16.8 Å². The summed E-state index contributed by atoms with van der Waals surface area (Å²) in [6, 6.07) is 6.73. The molecule has 1 amide bonds. The van der Waals surface area contributed by atoms with E-state index in [-0.39, 0.29) is 24.0 Å². The van der Waals surface area contributed by atoms with Gasteiger partial charge in [-0.1, -0.05) is 24.9 Å². The number of unbranched alkanes of at least 4 members (excludes halogenated alkanes) is 1. The summed E-state index contributed by atoms with van der Waals surface area (Å²) in [6.45, 7) is 2.45. The van der Waals surface area contributed by atoms with Gasteiger partial charge in [-0.05, 0) is 30.7 Å². The van der Waals surface area contributed by atoms with Crippen molar-refractivity contribution in [1.29, 1.82) is 0 Å². The van der Waals surface area contributed by atoms with Gasteiger partial charge in [0.2, 0.25) is 11.6 Å². The quantitative estimate of drug-likeness (QED) is 0.639. The molecule has 0 atom stereocenters. The molecule has 0 saturated carbocycles. The van der Waals surface area contributed by atoms with Crippen LogP contribution in [-0.2, 0) is 11.3 Å². The fourth-order valence-corrected chi connectivity index (χ4v) is 2.44. The fraction of sp³-hybridized carbons (Fsp3) is 0.294. The summed E-state index contributed by atoms with van der Waals surface area (Å²) in [4.78, 5) is 28.5. The predicted octanol–water partition coefficient (Wildman–Crippen LogP) is 2.25. The van der Waals surface area contributed by atoms with E-state index in [0.29, 0.717) is 17.3 Å². The normalized spacial score (nSPS) is 10.8. The van der Waals surface area contributed by atoms with Crippen molar-refractivity contribution in [3.05, 3.63) is 52.2 Å². The number of carbonyl (C=O) groups excluding carboxylic acids is 1. The number of hydrogen-bond donors (Lipinski definition) is 1. The van der Waals surface area contributed by atoms with E-state index in [4.69, 9.17) is 16.3 Å². The third-order valence-corrected chi connectivity index (χ3v) is 3.90. The highest BCUT2D eigenvalue weighted by Gasteiger charge is 2.15. The van der Waals surface area contributed by atoms with E-state index in [1.54, 1.807) is 24.3 Å². The van der Waals surface area contributed by atoms with Crippen molar-refractivity contribution in [2.24, 2.45) is 0 Å². The Kier molecular flexibility index (Phi) is 5.52. The maximum absolute atomic E-state index is 12.4. The van der Waals surface area contributed by atoms with Gasteiger partial charge in [-0.3, -0.25) is 4.79 Å². The van der Waals surface area contributed by atoms with Crippen LogP contribution in [-0.4, -0.2) is 31.6 Å². The molecule has 2 aromatic heterocycles. The third kappa shape index (κ3) is 4.02. The molecule has 0 saturated heterocycles. The number of nitrogens with zero attached hydrogens (tertiary/aromatic N) is 4. The van der Waals surface area contributed by atoms with Gasteiger partial charge in [-0.25, -0.2) is 18.9 Å². The van der Waals surface area contributed by atoms with Crippen molar-refractivity contribution in [2.75, 3.05) is 6.54 Å². The molecule has 26 heavy (non-hydrogen) atoms. The topological polar surface area (TPSA) is 90.5 Å². The van der Waals surface area contributed by atoms with Gasteiger partial charge in [0.15, 0.2) is 0 Å². The number of benzene rings is 1. The zero-order chi connectivity index (χ0) is 18.5. The smallest absolute Gasteiger partial charge is 0.351 e. The average Bonchev–Trinajstić information content (AvgIpc) is 2.94. The molecule has 2 heterocycles. The molecule has 0 unspecified atom stereocenters. The van der Waals surface area contributed by atoms with E-state index in [0.717, 1.165) is 17.5 Å². The fourth-order valence-electron chi connectivity index (χ4n) is 2.31. The predicted molar refractivity (Wildman–Crippen MR) is 96.7 cm³/mol. The lowest BCUT2D eigenvalue weighted by atomic mass is 10.3. The second-order valence-electron chi connectivity index (χ2n) is 5.63. The van der Waals surface area contributed by atoms with Crippen LogP contribution in [0.4, 0.5) is 0 Å². The van der Waals surface area contributed by atoms with Gasteiger partial charge >= 0.3 is 5.69 Å². The largest absolute Gasteiger partial charge is 0.436 e. The van der Waals surface area contributed by atoms with Crippen molar-refractivity contribution in [1.82, 2.24) is 24.5 Å². The Morgan fingerprint density at radius 3 is 2.81 bits per heavy atom. The molecular weight excluding hydrogens is 358 g/mol. The van der Waals surface area contributed by atoms with Crippen molar-refractivity contribution in [3.63, 3.8) is 0 Å². The van der Waals surface area contributed by atoms with Crippen molar-refractivity contribution < 1.29 is 9.53 Å². The lowest BCUT2D eigenvalue weighted by Gasteiger charge is -2.04. The number of nitrogens with one attached hydrogen (secondary N) is 1. The van der Waals surface area contributed by atoms with Crippen molar-refractivity contribution >= 4 is 23.2 Å². The maximum Gasteiger partial charge on any atom is 0.351 e. The molecule has 1 N–H and O–H groups in total. The summed E-state index contributed by atoms with van der Waals surface area (Å²) in [7, 11) is 0. The number of ether oxygens (including phenoxy) is 1. The van der Waals surface area contributed by atoms with Crippen LogP contribution in [0.1, 0.15) is 19.8 Å². The van der Waals surface area contributed by atoms with Crippen LogP contribution >= 0.6 is 11.6 Å². The SMILES string of the molecule is CCCCNC(=O)Cn1nc2c(Oc3ccc(Cl)cc3)nccn2c1=O. The van der Waals surface area contributed by atoms with Crippen LogP contribution in [0.3, 0.4) is 0 Å². The Morgan fingerprint density at radius 2 is 2.08 bits per heavy atom. The Labute approximate surface area is 154 Å². The number of halogens is 1. The molecule has 3 rings (SSSR count). The first-order valence-electron chi connectivity index (χ1n) is 8.23. The summed E-state index contributed by atoms with van der Waals surface area (Å²) in [5, 5.41) is 7.52. The highest BCUT2D eigenvalue weighted by molar-refractivity contribution is 6.30. The highest BCUT2D eigenvalue weighted by atomic mass is 35.5. The molecule has 3 aromatic rings. The van der Waals surface area contributed by atoms with Crippen LogP contribution in [0.5, 0.6) is 11.6 Å². The van der Waals surface area contributed by atoms with Gasteiger partial charge in [0.05, 0.1) is 0 Å². The van der Waals surface area contributed by atoms with Crippen LogP contribution in [0, 0.1) is 0 Å². The van der Waals surface area contributed by atoms with E-state index < -0.39 is 5.69 Å². The zero-order valence-electron chi connectivity index (χ0n) is 14.2. The minimum absolute atomic E-state index is 0.162. The standard InChI is InChI=1S/C17H18ClN5O3/c1-2-3-8-19-14(24)11-23-17(25)22-10-9-20-16(15(22)21-23)26-13-6-4-12(18)5-7-13/h4-7,9-10H,2-3,8,11H2,1H3,(H,19,24). The number of carbonyl (C=O) groups is 1. The molecule has 0 fully saturated rings. The monoisotopic (exact) mass is 375 g/mol. The Hall–Kier alpha value is -2.87. The van der Waals surface area contributed by atoms with Gasteiger partial charge in [-0.2, -0.15) is 0 Å².